The molecule has 1 aromatic heterocycles. The molecule has 0 aliphatic rings. The Morgan fingerprint density at radius 1 is 1.57 bits per heavy atom. The Labute approximate surface area is 85.6 Å². The maximum absolute atomic E-state index is 5.51. The number of rotatable bonds is 6. The van der Waals surface area contributed by atoms with Crippen LogP contribution in [0.5, 0.6) is 0 Å². The van der Waals surface area contributed by atoms with Gasteiger partial charge in [-0.25, -0.2) is 0 Å². The average Bonchev–Trinajstić information content (AvgIpc) is 2.69. The molecule has 3 nitrogen and oxygen atoms in total. The molecule has 3 heteroatoms. The normalized spacial score (nSPS) is 15.4. The highest BCUT2D eigenvalue weighted by Gasteiger charge is 2.11. The molecule has 2 atom stereocenters. The lowest BCUT2D eigenvalue weighted by Gasteiger charge is -2.18. The molecule has 0 amide bonds. The summed E-state index contributed by atoms with van der Waals surface area (Å²) in [6.45, 7) is 4.45. The van der Waals surface area contributed by atoms with Crippen molar-refractivity contribution in [1.82, 2.24) is 5.43 Å². The Bertz CT molecular complexity index is 233. The lowest BCUT2D eigenvalue weighted by atomic mass is 9.96. The third-order valence-corrected chi connectivity index (χ3v) is 2.68. The Morgan fingerprint density at radius 2 is 2.36 bits per heavy atom. The molecule has 0 spiro atoms. The van der Waals surface area contributed by atoms with E-state index in [1.54, 1.807) is 12.5 Å². The van der Waals surface area contributed by atoms with E-state index >= 15 is 0 Å². The summed E-state index contributed by atoms with van der Waals surface area (Å²) in [5, 5.41) is 0. The van der Waals surface area contributed by atoms with E-state index in [-0.39, 0.29) is 0 Å². The van der Waals surface area contributed by atoms with Gasteiger partial charge in [0.2, 0.25) is 0 Å². The largest absolute Gasteiger partial charge is 0.472 e. The van der Waals surface area contributed by atoms with E-state index in [1.165, 1.54) is 12.0 Å². The van der Waals surface area contributed by atoms with Gasteiger partial charge in [-0.15, -0.1) is 0 Å². The number of hydrogen-bond donors (Lipinski definition) is 2. The van der Waals surface area contributed by atoms with Crippen molar-refractivity contribution in [2.24, 2.45) is 11.8 Å². The van der Waals surface area contributed by atoms with E-state index in [4.69, 9.17) is 10.3 Å². The average molecular weight is 196 g/mol. The van der Waals surface area contributed by atoms with Gasteiger partial charge in [0.05, 0.1) is 12.5 Å². The first-order chi connectivity index (χ1) is 6.76. The van der Waals surface area contributed by atoms with Gasteiger partial charge in [0.15, 0.2) is 0 Å². The van der Waals surface area contributed by atoms with Crippen LogP contribution in [0.4, 0.5) is 0 Å². The zero-order chi connectivity index (χ0) is 10.4. The van der Waals surface area contributed by atoms with Crippen molar-refractivity contribution in [3.63, 3.8) is 0 Å². The van der Waals surface area contributed by atoms with Crippen LogP contribution in [-0.4, -0.2) is 6.04 Å². The fraction of sp³-hybridized carbons (Fsp3) is 0.636. The minimum absolute atomic E-state index is 0.350. The molecule has 0 aliphatic carbocycles. The minimum Gasteiger partial charge on any atom is -0.472 e. The van der Waals surface area contributed by atoms with Crippen molar-refractivity contribution in [3.8, 4) is 0 Å². The van der Waals surface area contributed by atoms with E-state index in [0.717, 1.165) is 12.8 Å². The third-order valence-electron chi connectivity index (χ3n) is 2.68. The molecule has 0 aromatic carbocycles. The van der Waals surface area contributed by atoms with Crippen molar-refractivity contribution in [2.75, 3.05) is 0 Å². The predicted molar refractivity (Wildman–Crippen MR) is 57.6 cm³/mol. The second-order valence-electron chi connectivity index (χ2n) is 3.95. The van der Waals surface area contributed by atoms with Crippen LogP contribution in [0.15, 0.2) is 23.0 Å². The van der Waals surface area contributed by atoms with Gasteiger partial charge in [-0.3, -0.25) is 11.3 Å². The van der Waals surface area contributed by atoms with E-state index in [2.05, 4.69) is 19.3 Å². The summed E-state index contributed by atoms with van der Waals surface area (Å²) in [6, 6.07) is 2.34. The molecule has 0 bridgehead atoms. The minimum atomic E-state index is 0.350. The van der Waals surface area contributed by atoms with Crippen LogP contribution >= 0.6 is 0 Å². The summed E-state index contributed by atoms with van der Waals surface area (Å²) >= 11 is 0. The molecule has 80 valence electrons. The quantitative estimate of drug-likeness (QED) is 0.541. The highest BCUT2D eigenvalue weighted by Crippen LogP contribution is 2.13. The van der Waals surface area contributed by atoms with E-state index in [0.29, 0.717) is 12.0 Å². The zero-order valence-corrected chi connectivity index (χ0v) is 8.99. The van der Waals surface area contributed by atoms with Crippen LogP contribution in [0, 0.1) is 5.92 Å². The molecule has 1 heterocycles. The highest BCUT2D eigenvalue weighted by atomic mass is 16.3. The molecule has 0 radical (unpaired) electrons. The fourth-order valence-electron chi connectivity index (χ4n) is 1.56. The van der Waals surface area contributed by atoms with Crippen molar-refractivity contribution < 1.29 is 4.42 Å². The zero-order valence-electron chi connectivity index (χ0n) is 8.99. The van der Waals surface area contributed by atoms with Gasteiger partial charge >= 0.3 is 0 Å². The highest BCUT2D eigenvalue weighted by molar-refractivity contribution is 5.07. The van der Waals surface area contributed by atoms with Gasteiger partial charge < -0.3 is 4.42 Å². The SMILES string of the molecule is CCC(C)CC(Cc1ccoc1)NN. The summed E-state index contributed by atoms with van der Waals surface area (Å²) in [5.41, 5.74) is 4.07. The van der Waals surface area contributed by atoms with Gasteiger partial charge in [0.1, 0.15) is 0 Å². The molecule has 0 saturated heterocycles. The summed E-state index contributed by atoms with van der Waals surface area (Å²) < 4.78 is 5.02. The van der Waals surface area contributed by atoms with Crippen LogP contribution in [0.2, 0.25) is 0 Å². The summed E-state index contributed by atoms with van der Waals surface area (Å²) in [5.74, 6) is 6.22. The second kappa shape index (κ2) is 5.83. The number of nitrogens with two attached hydrogens (primary N) is 1. The first-order valence-corrected chi connectivity index (χ1v) is 5.23. The van der Waals surface area contributed by atoms with Crippen LogP contribution < -0.4 is 11.3 Å². The molecule has 0 aliphatic heterocycles. The first-order valence-electron chi connectivity index (χ1n) is 5.23. The van der Waals surface area contributed by atoms with Crippen LogP contribution in [0.1, 0.15) is 32.3 Å². The molecular weight excluding hydrogens is 176 g/mol. The fourth-order valence-corrected chi connectivity index (χ4v) is 1.56. The third kappa shape index (κ3) is 3.52. The van der Waals surface area contributed by atoms with Crippen molar-refractivity contribution in [3.05, 3.63) is 24.2 Å². The topological polar surface area (TPSA) is 51.2 Å². The number of furan rings is 1. The Kier molecular flexibility index (Phi) is 4.70. The van der Waals surface area contributed by atoms with Crippen LogP contribution in [-0.2, 0) is 6.42 Å². The molecule has 1 aromatic rings. The maximum atomic E-state index is 5.51. The molecule has 1 rings (SSSR count). The summed E-state index contributed by atoms with van der Waals surface area (Å²) in [7, 11) is 0. The van der Waals surface area contributed by atoms with Crippen molar-refractivity contribution >= 4 is 0 Å². The molecular formula is C11H20N2O. The summed E-state index contributed by atoms with van der Waals surface area (Å²) in [4.78, 5) is 0. The van der Waals surface area contributed by atoms with Gasteiger partial charge in [-0.1, -0.05) is 20.3 Å². The Balaban J connectivity index is 2.39. The number of hydrogen-bond acceptors (Lipinski definition) is 3. The van der Waals surface area contributed by atoms with Gasteiger partial charge in [-0.05, 0) is 30.4 Å². The second-order valence-corrected chi connectivity index (χ2v) is 3.95. The van der Waals surface area contributed by atoms with Crippen LogP contribution in [0.25, 0.3) is 0 Å². The monoisotopic (exact) mass is 196 g/mol. The predicted octanol–water partition coefficient (Wildman–Crippen LogP) is 2.09. The lowest BCUT2D eigenvalue weighted by Crippen LogP contribution is -2.37. The van der Waals surface area contributed by atoms with E-state index in [9.17, 15) is 0 Å². The lowest BCUT2D eigenvalue weighted by molar-refractivity contribution is 0.395. The van der Waals surface area contributed by atoms with E-state index < -0.39 is 0 Å². The Hall–Kier alpha value is -0.800. The molecule has 2 unspecified atom stereocenters. The van der Waals surface area contributed by atoms with Crippen LogP contribution in [0.3, 0.4) is 0 Å². The van der Waals surface area contributed by atoms with Gasteiger partial charge in [-0.2, -0.15) is 0 Å². The van der Waals surface area contributed by atoms with Crippen molar-refractivity contribution in [2.45, 2.75) is 39.2 Å². The molecule has 3 N–H and O–H groups in total. The molecule has 0 fully saturated rings. The first kappa shape index (κ1) is 11.3. The van der Waals surface area contributed by atoms with Gasteiger partial charge in [0.25, 0.3) is 0 Å². The molecule has 14 heavy (non-hydrogen) atoms. The Morgan fingerprint density at radius 3 is 2.86 bits per heavy atom. The van der Waals surface area contributed by atoms with E-state index in [1.807, 2.05) is 6.07 Å². The standard InChI is InChI=1S/C11H20N2O/c1-3-9(2)6-11(13-12)7-10-4-5-14-8-10/h4-5,8-9,11,13H,3,6-7,12H2,1-2H3. The summed E-state index contributed by atoms with van der Waals surface area (Å²) in [6.07, 6.45) is 6.73. The van der Waals surface area contributed by atoms with Crippen molar-refractivity contribution in [1.29, 1.82) is 0 Å². The maximum Gasteiger partial charge on any atom is 0.0935 e. The number of hydrazine groups is 1. The molecule has 0 saturated carbocycles. The smallest absolute Gasteiger partial charge is 0.0935 e. The number of nitrogens with one attached hydrogen (secondary N) is 1. The van der Waals surface area contributed by atoms with Gasteiger partial charge in [0, 0.05) is 6.04 Å².